The number of benzene rings is 1. The van der Waals surface area contributed by atoms with Crippen molar-refractivity contribution in [2.24, 2.45) is 0 Å². The molecule has 0 atom stereocenters. The van der Waals surface area contributed by atoms with E-state index in [9.17, 15) is 9.59 Å². The lowest BCUT2D eigenvalue weighted by molar-refractivity contribution is -0.125. The minimum atomic E-state index is -0.353. The normalized spacial score (nSPS) is 14.1. The Hall–Kier alpha value is -2.19. The van der Waals surface area contributed by atoms with Gasteiger partial charge >= 0.3 is 6.03 Å². The summed E-state index contributed by atoms with van der Waals surface area (Å²) < 4.78 is 0. The number of carbonyl (C=O) groups excluding carboxylic acids is 2. The maximum absolute atomic E-state index is 11.6. The largest absolute Gasteiger partial charge is 0.361 e. The molecule has 1 aliphatic heterocycles. The molecule has 1 aliphatic rings. The van der Waals surface area contributed by atoms with Gasteiger partial charge in [-0.15, -0.1) is 0 Å². The molecule has 0 bridgehead atoms. The molecule has 124 valence electrons. The van der Waals surface area contributed by atoms with E-state index in [0.29, 0.717) is 5.11 Å². The maximum atomic E-state index is 11.6. The van der Waals surface area contributed by atoms with E-state index < -0.39 is 0 Å². The molecule has 0 saturated carbocycles. The molecule has 1 heterocycles. The predicted molar refractivity (Wildman–Crippen MR) is 93.2 cm³/mol. The number of nitrogens with one attached hydrogen (secondary N) is 3. The van der Waals surface area contributed by atoms with Crippen molar-refractivity contribution in [1.29, 1.82) is 0 Å². The number of amides is 3. The Morgan fingerprint density at radius 3 is 2.83 bits per heavy atom. The Morgan fingerprint density at radius 2 is 2.17 bits per heavy atom. The summed E-state index contributed by atoms with van der Waals surface area (Å²) in [5.41, 5.74) is 1.67. The minimum absolute atomic E-state index is 0.0661. The smallest absolute Gasteiger partial charge is 0.324 e. The highest BCUT2D eigenvalue weighted by molar-refractivity contribution is 7.80. The third-order valence-electron chi connectivity index (χ3n) is 3.31. The van der Waals surface area contributed by atoms with E-state index in [1.807, 2.05) is 38.4 Å². The lowest BCUT2D eigenvalue weighted by atomic mass is 10.2. The van der Waals surface area contributed by atoms with Crippen molar-refractivity contribution in [3.05, 3.63) is 29.8 Å². The number of nitrogens with zero attached hydrogens (tertiary/aromatic N) is 2. The predicted octanol–water partition coefficient (Wildman–Crippen LogP) is 0.586. The molecule has 3 amide bonds. The molecule has 23 heavy (non-hydrogen) atoms. The second kappa shape index (κ2) is 7.89. The van der Waals surface area contributed by atoms with E-state index in [1.54, 1.807) is 0 Å². The number of likely N-dealkylation sites (N-methyl/N-ethyl adjacent to an activating group) is 1. The van der Waals surface area contributed by atoms with Crippen LogP contribution < -0.4 is 16.0 Å². The molecule has 3 N–H and O–H groups in total. The maximum Gasteiger partial charge on any atom is 0.324 e. The number of hydrogen-bond acceptors (Lipinski definition) is 4. The van der Waals surface area contributed by atoms with Crippen LogP contribution in [0.5, 0.6) is 0 Å². The van der Waals surface area contributed by atoms with Gasteiger partial charge in [-0.05, 0) is 44.0 Å². The van der Waals surface area contributed by atoms with Crippen molar-refractivity contribution in [2.75, 3.05) is 39.0 Å². The first-order valence-electron chi connectivity index (χ1n) is 7.32. The van der Waals surface area contributed by atoms with Crippen LogP contribution in [0.25, 0.3) is 0 Å². The Balaban J connectivity index is 1.90. The summed E-state index contributed by atoms with van der Waals surface area (Å²) in [6.07, 6.45) is 0. The van der Waals surface area contributed by atoms with Crippen molar-refractivity contribution in [1.82, 2.24) is 20.4 Å². The van der Waals surface area contributed by atoms with Crippen LogP contribution in [0.3, 0.4) is 0 Å². The van der Waals surface area contributed by atoms with Crippen molar-refractivity contribution >= 4 is 35.0 Å². The monoisotopic (exact) mass is 335 g/mol. The zero-order valence-corrected chi connectivity index (χ0v) is 14.1. The lowest BCUT2D eigenvalue weighted by Gasteiger charge is -2.15. The summed E-state index contributed by atoms with van der Waals surface area (Å²) in [7, 11) is 3.99. The number of carbonyl (C=O) groups is 2. The quantitative estimate of drug-likeness (QED) is 0.522. The molecule has 0 radical (unpaired) electrons. The van der Waals surface area contributed by atoms with E-state index in [2.05, 4.69) is 20.9 Å². The molecule has 7 nitrogen and oxygen atoms in total. The molecular weight excluding hydrogens is 314 g/mol. The Labute approximate surface area is 141 Å². The van der Waals surface area contributed by atoms with Crippen LogP contribution in [0.2, 0.25) is 0 Å². The number of imide groups is 1. The lowest BCUT2D eigenvalue weighted by Crippen LogP contribution is -2.34. The summed E-state index contributed by atoms with van der Waals surface area (Å²) in [5.74, 6) is -0.214. The number of hydrogen-bond donors (Lipinski definition) is 3. The second-order valence-electron chi connectivity index (χ2n) is 5.52. The van der Waals surface area contributed by atoms with Crippen molar-refractivity contribution < 1.29 is 9.59 Å². The zero-order chi connectivity index (χ0) is 16.8. The van der Waals surface area contributed by atoms with Gasteiger partial charge in [0.15, 0.2) is 5.11 Å². The van der Waals surface area contributed by atoms with Crippen LogP contribution in [0.1, 0.15) is 5.56 Å². The first-order chi connectivity index (χ1) is 11.0. The molecule has 1 aromatic carbocycles. The summed E-state index contributed by atoms with van der Waals surface area (Å²) in [5, 5.41) is 9.27. The van der Waals surface area contributed by atoms with Gasteiger partial charge in [0.2, 0.25) is 5.91 Å². The molecule has 2 rings (SSSR count). The van der Waals surface area contributed by atoms with Gasteiger partial charge in [0, 0.05) is 18.8 Å². The SMILES string of the molecule is CN(C)CCNC(=S)Nc1cccc(CN2C(=O)CNC2=O)c1. The molecule has 1 fully saturated rings. The molecule has 0 aliphatic carbocycles. The van der Waals surface area contributed by atoms with Crippen LogP contribution in [-0.2, 0) is 11.3 Å². The van der Waals surface area contributed by atoms with E-state index in [0.717, 1.165) is 24.3 Å². The van der Waals surface area contributed by atoms with E-state index in [-0.39, 0.29) is 25.0 Å². The summed E-state index contributed by atoms with van der Waals surface area (Å²) in [6, 6.07) is 7.13. The Kier molecular flexibility index (Phi) is 5.89. The van der Waals surface area contributed by atoms with Crippen molar-refractivity contribution in [3.63, 3.8) is 0 Å². The fourth-order valence-corrected chi connectivity index (χ4v) is 2.33. The molecule has 0 spiro atoms. The zero-order valence-electron chi connectivity index (χ0n) is 13.3. The van der Waals surface area contributed by atoms with Gasteiger partial charge in [-0.1, -0.05) is 12.1 Å². The fraction of sp³-hybridized carbons (Fsp3) is 0.400. The van der Waals surface area contributed by atoms with Gasteiger partial charge in [-0.3, -0.25) is 9.69 Å². The first-order valence-corrected chi connectivity index (χ1v) is 7.73. The average Bonchev–Trinajstić information content (AvgIpc) is 2.79. The Morgan fingerprint density at radius 1 is 1.39 bits per heavy atom. The van der Waals surface area contributed by atoms with Gasteiger partial charge in [0.25, 0.3) is 0 Å². The number of thiocarbonyl (C=S) groups is 1. The van der Waals surface area contributed by atoms with E-state index in [4.69, 9.17) is 12.2 Å². The number of rotatable bonds is 6. The highest BCUT2D eigenvalue weighted by atomic mass is 32.1. The average molecular weight is 335 g/mol. The topological polar surface area (TPSA) is 76.7 Å². The number of urea groups is 1. The molecular formula is C15H21N5O2S. The Bertz CT molecular complexity index is 589. The summed E-state index contributed by atoms with van der Waals surface area (Å²) >= 11 is 5.24. The summed E-state index contributed by atoms with van der Waals surface area (Å²) in [6.45, 7) is 1.95. The van der Waals surface area contributed by atoms with Crippen LogP contribution in [0.15, 0.2) is 24.3 Å². The highest BCUT2D eigenvalue weighted by Crippen LogP contribution is 2.14. The van der Waals surface area contributed by atoms with Crippen LogP contribution in [-0.4, -0.2) is 60.6 Å². The second-order valence-corrected chi connectivity index (χ2v) is 5.93. The van der Waals surface area contributed by atoms with Crippen molar-refractivity contribution in [2.45, 2.75) is 6.54 Å². The van der Waals surface area contributed by atoms with Gasteiger partial charge in [0.05, 0.1) is 13.1 Å². The molecule has 1 aromatic rings. The standard InChI is InChI=1S/C15H21N5O2S/c1-19(2)7-6-16-14(23)18-12-5-3-4-11(8-12)10-20-13(21)9-17-15(20)22/h3-5,8H,6-7,9-10H2,1-2H3,(H,17,22)(H2,16,18,23). The van der Waals surface area contributed by atoms with Crippen molar-refractivity contribution in [3.8, 4) is 0 Å². The van der Waals surface area contributed by atoms with Crippen LogP contribution in [0, 0.1) is 0 Å². The molecule has 1 saturated heterocycles. The van der Waals surface area contributed by atoms with E-state index >= 15 is 0 Å². The van der Waals surface area contributed by atoms with Gasteiger partial charge in [0.1, 0.15) is 0 Å². The highest BCUT2D eigenvalue weighted by Gasteiger charge is 2.28. The third-order valence-corrected chi connectivity index (χ3v) is 3.55. The van der Waals surface area contributed by atoms with Gasteiger partial charge in [-0.2, -0.15) is 0 Å². The van der Waals surface area contributed by atoms with Crippen LogP contribution >= 0.6 is 12.2 Å². The van der Waals surface area contributed by atoms with Gasteiger partial charge in [-0.25, -0.2) is 4.79 Å². The minimum Gasteiger partial charge on any atom is -0.361 e. The molecule has 8 heteroatoms. The van der Waals surface area contributed by atoms with E-state index in [1.165, 1.54) is 4.90 Å². The first kappa shape index (κ1) is 17.2. The summed E-state index contributed by atoms with van der Waals surface area (Å²) in [4.78, 5) is 26.5. The van der Waals surface area contributed by atoms with Crippen LogP contribution in [0.4, 0.5) is 10.5 Å². The molecule has 0 unspecified atom stereocenters. The molecule has 0 aromatic heterocycles. The fourth-order valence-electron chi connectivity index (χ4n) is 2.11. The van der Waals surface area contributed by atoms with Gasteiger partial charge < -0.3 is 20.9 Å². The number of anilines is 1. The third kappa shape index (κ3) is 5.19.